The second kappa shape index (κ2) is 2.31. The third kappa shape index (κ3) is 4.06. The summed E-state index contributed by atoms with van der Waals surface area (Å²) in [7, 11) is 5.17. The van der Waals surface area contributed by atoms with Crippen LogP contribution in [0.3, 0.4) is 0 Å². The van der Waals surface area contributed by atoms with Crippen LogP contribution in [0.5, 0.6) is 0 Å². The number of hydrogen-bond acceptors (Lipinski definition) is 0. The van der Waals surface area contributed by atoms with Gasteiger partial charge in [0.15, 0.2) is 0 Å². The van der Waals surface area contributed by atoms with Crippen LogP contribution < -0.4 is 0 Å². The molecule has 0 nitrogen and oxygen atoms in total. The predicted molar refractivity (Wildman–Crippen MR) is 25.4 cm³/mol. The van der Waals surface area contributed by atoms with Crippen LogP contribution in [0.15, 0.2) is 0 Å². The Hall–Kier alpha value is 0.0649. The van der Waals surface area contributed by atoms with Gasteiger partial charge >= 0.3 is 0 Å². The summed E-state index contributed by atoms with van der Waals surface area (Å²) in [5.41, 5.74) is 0. The molecule has 0 aromatic rings. The second-order valence-electron chi connectivity index (χ2n) is 1.63. The van der Waals surface area contributed by atoms with Crippen molar-refractivity contribution < 1.29 is 0 Å². The molecule has 3 radical (unpaired) electrons. The van der Waals surface area contributed by atoms with Gasteiger partial charge in [0.1, 0.15) is 0 Å². The zero-order chi connectivity index (χ0) is 4.28. The lowest BCUT2D eigenvalue weighted by Crippen LogP contribution is -1.80. The summed E-state index contributed by atoms with van der Waals surface area (Å²) in [5, 5.41) is 0. The first-order valence-electron chi connectivity index (χ1n) is 1.97. The van der Waals surface area contributed by atoms with E-state index < -0.39 is 0 Å². The average molecular weight is 67.9 g/mol. The average Bonchev–Trinajstić information content (AvgIpc) is 1.38. The van der Waals surface area contributed by atoms with Crippen molar-refractivity contribution in [2.45, 2.75) is 20.2 Å². The normalized spacial score (nSPS) is 9.60. The zero-order valence-corrected chi connectivity index (χ0v) is 3.86. The van der Waals surface area contributed by atoms with Crippen molar-refractivity contribution in [2.24, 2.45) is 5.92 Å². The minimum absolute atomic E-state index is 0.662. The molecule has 0 rings (SSSR count). The van der Waals surface area contributed by atoms with Crippen molar-refractivity contribution in [3.05, 3.63) is 0 Å². The molecule has 0 fully saturated rings. The number of rotatable bonds is 1. The predicted octanol–water partition coefficient (Wildman–Crippen LogP) is 1.23. The van der Waals surface area contributed by atoms with Gasteiger partial charge in [-0.25, -0.2) is 0 Å². The monoisotopic (exact) mass is 68.1 g/mol. The Morgan fingerprint density at radius 3 is 1.80 bits per heavy atom. The highest BCUT2D eigenvalue weighted by molar-refractivity contribution is 6.08. The first-order valence-corrected chi connectivity index (χ1v) is 1.97. The Morgan fingerprint density at radius 1 is 1.60 bits per heavy atom. The molecule has 0 saturated heterocycles. The lowest BCUT2D eigenvalue weighted by Gasteiger charge is -2.04. The largest absolute Gasteiger partial charge is 0.626 e. The van der Waals surface area contributed by atoms with E-state index in [1.54, 1.807) is 0 Å². The highest BCUT2D eigenvalue weighted by Crippen LogP contribution is 1.92. The fourth-order valence-electron chi connectivity index (χ4n) is 0. The van der Waals surface area contributed by atoms with Crippen LogP contribution in [0, 0.1) is 5.92 Å². The Morgan fingerprint density at radius 2 is 1.80 bits per heavy atom. The SMILES string of the molecule is [B-]CC(C)C. The molecule has 0 atom stereocenters. The van der Waals surface area contributed by atoms with Crippen LogP contribution in [0.25, 0.3) is 0 Å². The molecule has 29 valence electrons. The maximum Gasteiger partial charge on any atom is -0.0661 e. The van der Waals surface area contributed by atoms with Crippen LogP contribution in [0.4, 0.5) is 0 Å². The minimum Gasteiger partial charge on any atom is -0.626 e. The van der Waals surface area contributed by atoms with Crippen molar-refractivity contribution in [3.63, 3.8) is 0 Å². The van der Waals surface area contributed by atoms with E-state index in [1.807, 2.05) is 0 Å². The molecule has 5 heavy (non-hydrogen) atoms. The van der Waals surface area contributed by atoms with Gasteiger partial charge in [-0.2, -0.15) is 0 Å². The van der Waals surface area contributed by atoms with E-state index in [0.29, 0.717) is 5.92 Å². The summed E-state index contributed by atoms with van der Waals surface area (Å²) in [6.45, 7) is 4.19. The lowest BCUT2D eigenvalue weighted by molar-refractivity contribution is 0.735. The van der Waals surface area contributed by atoms with Crippen LogP contribution in [0.1, 0.15) is 13.8 Å². The van der Waals surface area contributed by atoms with Crippen LogP contribution in [-0.2, 0) is 0 Å². The van der Waals surface area contributed by atoms with Gasteiger partial charge in [0, 0.05) is 0 Å². The fraction of sp³-hybridized carbons (Fsp3) is 1.00. The zero-order valence-electron chi connectivity index (χ0n) is 3.86. The topological polar surface area (TPSA) is 0 Å². The third-order valence-electron chi connectivity index (χ3n) is 0.471. The van der Waals surface area contributed by atoms with E-state index >= 15 is 0 Å². The van der Waals surface area contributed by atoms with Gasteiger partial charge in [-0.1, -0.05) is 19.8 Å². The fourth-order valence-corrected chi connectivity index (χ4v) is 0. The van der Waals surface area contributed by atoms with Gasteiger partial charge in [0.25, 0.3) is 0 Å². The molecule has 0 aliphatic carbocycles. The standard InChI is InChI=1S/C4H9B/c1-4(2)3-5/h4H,3H2,1-2H3/q-1. The highest BCUT2D eigenvalue weighted by Gasteiger charge is 1.70. The molecule has 0 heterocycles. The minimum atomic E-state index is 0.662. The molecule has 0 aliphatic rings. The third-order valence-corrected chi connectivity index (χ3v) is 0.471. The van der Waals surface area contributed by atoms with Gasteiger partial charge in [-0.3, -0.25) is 6.32 Å². The number of hydrogen-bond donors (Lipinski definition) is 0. The summed E-state index contributed by atoms with van der Waals surface area (Å²) in [6.07, 6.45) is 0.806. The summed E-state index contributed by atoms with van der Waals surface area (Å²) in [6, 6.07) is 0. The van der Waals surface area contributed by atoms with E-state index in [9.17, 15) is 0 Å². The van der Waals surface area contributed by atoms with Crippen LogP contribution in [-0.4, -0.2) is 7.85 Å². The van der Waals surface area contributed by atoms with Gasteiger partial charge < -0.3 is 7.85 Å². The maximum absolute atomic E-state index is 5.17. The molecule has 0 aliphatic heterocycles. The van der Waals surface area contributed by atoms with Crippen LogP contribution in [0.2, 0.25) is 6.32 Å². The molecule has 0 spiro atoms. The molecule has 0 saturated carbocycles. The molecule has 0 N–H and O–H groups in total. The van der Waals surface area contributed by atoms with Crippen molar-refractivity contribution in [1.29, 1.82) is 0 Å². The van der Waals surface area contributed by atoms with Crippen molar-refractivity contribution in [3.8, 4) is 0 Å². The molecule has 0 bridgehead atoms. The summed E-state index contributed by atoms with van der Waals surface area (Å²) in [5.74, 6) is 0.662. The summed E-state index contributed by atoms with van der Waals surface area (Å²) >= 11 is 0. The molecule has 0 aromatic heterocycles. The quantitative estimate of drug-likeness (QED) is 0.405. The van der Waals surface area contributed by atoms with Gasteiger partial charge in [-0.15, -0.1) is 0 Å². The van der Waals surface area contributed by atoms with Gasteiger partial charge in [0.05, 0.1) is 0 Å². The van der Waals surface area contributed by atoms with Crippen LogP contribution >= 0.6 is 0 Å². The lowest BCUT2D eigenvalue weighted by atomic mass is 9.95. The van der Waals surface area contributed by atoms with E-state index in [0.717, 1.165) is 6.32 Å². The van der Waals surface area contributed by atoms with Crippen molar-refractivity contribution in [2.75, 3.05) is 0 Å². The molecular formula is C4H9B-. The van der Waals surface area contributed by atoms with Crippen molar-refractivity contribution >= 4 is 7.85 Å². The Balaban J connectivity index is 2.54. The van der Waals surface area contributed by atoms with E-state index in [2.05, 4.69) is 13.8 Å². The molecule has 0 aromatic carbocycles. The Bertz CT molecular complexity index is 17.6. The second-order valence-corrected chi connectivity index (χ2v) is 1.63. The Kier molecular flexibility index (Phi) is 2.34. The molecule has 0 unspecified atom stereocenters. The van der Waals surface area contributed by atoms with Gasteiger partial charge in [0.2, 0.25) is 0 Å². The first-order chi connectivity index (χ1) is 2.27. The maximum atomic E-state index is 5.17. The van der Waals surface area contributed by atoms with Crippen molar-refractivity contribution in [1.82, 2.24) is 0 Å². The molecule has 0 amide bonds. The Labute approximate surface area is 35.0 Å². The smallest absolute Gasteiger partial charge is 0.0661 e. The first kappa shape index (κ1) is 5.06. The highest BCUT2D eigenvalue weighted by atomic mass is 13.8. The molecular weight excluding hydrogens is 58.9 g/mol. The van der Waals surface area contributed by atoms with E-state index in [4.69, 9.17) is 7.85 Å². The molecule has 1 heteroatoms. The van der Waals surface area contributed by atoms with E-state index in [-0.39, 0.29) is 0 Å². The van der Waals surface area contributed by atoms with E-state index in [1.165, 1.54) is 0 Å². The van der Waals surface area contributed by atoms with Gasteiger partial charge in [-0.05, 0) is 0 Å². The summed E-state index contributed by atoms with van der Waals surface area (Å²) < 4.78 is 0. The summed E-state index contributed by atoms with van der Waals surface area (Å²) in [4.78, 5) is 0.